The van der Waals surface area contributed by atoms with Gasteiger partial charge in [0.15, 0.2) is 5.96 Å². The third-order valence-corrected chi connectivity index (χ3v) is 3.70. The standard InChI is InChI=1S/C18H31FN4.HI/c1-6-20-18(21-11-12-23(14(2)3)15(4)5)22-13-16-9-7-8-10-17(16)19;/h7-10,14-15H,6,11-13H2,1-5H3,(H2,20,21,22);1H. The Balaban J connectivity index is 0.00000529. The lowest BCUT2D eigenvalue weighted by molar-refractivity contribution is 0.178. The molecule has 0 spiro atoms. The van der Waals surface area contributed by atoms with E-state index in [1.807, 2.05) is 13.0 Å². The van der Waals surface area contributed by atoms with Crippen LogP contribution in [0.4, 0.5) is 4.39 Å². The molecule has 0 fully saturated rings. The van der Waals surface area contributed by atoms with E-state index in [1.54, 1.807) is 12.1 Å². The number of nitrogens with one attached hydrogen (secondary N) is 2. The average Bonchev–Trinajstić information content (AvgIpc) is 2.49. The molecule has 0 unspecified atom stereocenters. The summed E-state index contributed by atoms with van der Waals surface area (Å²) in [6.07, 6.45) is 0. The number of halogens is 2. The summed E-state index contributed by atoms with van der Waals surface area (Å²) in [6, 6.07) is 7.77. The minimum Gasteiger partial charge on any atom is -0.357 e. The number of benzene rings is 1. The summed E-state index contributed by atoms with van der Waals surface area (Å²) < 4.78 is 13.6. The third-order valence-electron chi connectivity index (χ3n) is 3.70. The Hall–Kier alpha value is -0.890. The van der Waals surface area contributed by atoms with Crippen LogP contribution < -0.4 is 10.6 Å². The summed E-state index contributed by atoms with van der Waals surface area (Å²) in [5.41, 5.74) is 0.607. The molecule has 4 nitrogen and oxygen atoms in total. The van der Waals surface area contributed by atoms with Crippen LogP contribution in [0.5, 0.6) is 0 Å². The van der Waals surface area contributed by atoms with E-state index in [-0.39, 0.29) is 29.8 Å². The molecular weight excluding hydrogens is 418 g/mol. The highest BCUT2D eigenvalue weighted by Crippen LogP contribution is 2.07. The Morgan fingerprint density at radius 3 is 2.29 bits per heavy atom. The normalized spacial score (nSPS) is 11.8. The van der Waals surface area contributed by atoms with Crippen LogP contribution in [0.3, 0.4) is 0 Å². The summed E-state index contributed by atoms with van der Waals surface area (Å²) in [6.45, 7) is 13.7. The van der Waals surface area contributed by atoms with E-state index in [0.717, 1.165) is 25.6 Å². The lowest BCUT2D eigenvalue weighted by Crippen LogP contribution is -2.45. The van der Waals surface area contributed by atoms with E-state index >= 15 is 0 Å². The summed E-state index contributed by atoms with van der Waals surface area (Å²) in [4.78, 5) is 6.89. The van der Waals surface area contributed by atoms with Crippen molar-refractivity contribution < 1.29 is 4.39 Å². The molecule has 0 aliphatic carbocycles. The largest absolute Gasteiger partial charge is 0.357 e. The highest BCUT2D eigenvalue weighted by atomic mass is 127. The van der Waals surface area contributed by atoms with Crippen molar-refractivity contribution in [2.45, 2.75) is 53.2 Å². The lowest BCUT2D eigenvalue weighted by atomic mass is 10.2. The summed E-state index contributed by atoms with van der Waals surface area (Å²) in [5, 5.41) is 6.53. The number of rotatable bonds is 8. The van der Waals surface area contributed by atoms with Gasteiger partial charge in [-0.1, -0.05) is 18.2 Å². The minimum absolute atomic E-state index is 0. The summed E-state index contributed by atoms with van der Waals surface area (Å²) in [5.74, 6) is 0.515. The molecule has 0 aromatic heterocycles. The fraction of sp³-hybridized carbons (Fsp3) is 0.611. The fourth-order valence-electron chi connectivity index (χ4n) is 2.55. The van der Waals surface area contributed by atoms with Crippen LogP contribution in [0.1, 0.15) is 40.2 Å². The molecular formula is C18H32FIN4. The Morgan fingerprint density at radius 1 is 1.12 bits per heavy atom. The quantitative estimate of drug-likeness (QED) is 0.361. The molecule has 0 heterocycles. The second kappa shape index (κ2) is 12.5. The third kappa shape index (κ3) is 8.28. The summed E-state index contributed by atoms with van der Waals surface area (Å²) >= 11 is 0. The first-order valence-electron chi connectivity index (χ1n) is 8.47. The number of hydrogen-bond donors (Lipinski definition) is 2. The van der Waals surface area contributed by atoms with Crippen molar-refractivity contribution in [3.8, 4) is 0 Å². The molecule has 0 radical (unpaired) electrons. The molecule has 0 aliphatic rings. The Kier molecular flexibility index (Phi) is 12.0. The molecule has 0 aliphatic heterocycles. The van der Waals surface area contributed by atoms with Crippen molar-refractivity contribution in [3.05, 3.63) is 35.6 Å². The first-order chi connectivity index (χ1) is 11.0. The van der Waals surface area contributed by atoms with Gasteiger partial charge in [-0.25, -0.2) is 9.38 Å². The van der Waals surface area contributed by atoms with Gasteiger partial charge >= 0.3 is 0 Å². The fourth-order valence-corrected chi connectivity index (χ4v) is 2.55. The van der Waals surface area contributed by atoms with Crippen LogP contribution in [0.2, 0.25) is 0 Å². The van der Waals surface area contributed by atoms with Gasteiger partial charge in [-0.2, -0.15) is 0 Å². The number of aliphatic imine (C=N–C) groups is 1. The SMILES string of the molecule is CCNC(=NCc1ccccc1F)NCCN(C(C)C)C(C)C.I. The van der Waals surface area contributed by atoms with Gasteiger partial charge in [0.05, 0.1) is 6.54 Å². The minimum atomic E-state index is -0.210. The van der Waals surface area contributed by atoms with Crippen molar-refractivity contribution >= 4 is 29.9 Å². The molecule has 1 aromatic carbocycles. The highest BCUT2D eigenvalue weighted by molar-refractivity contribution is 14.0. The van der Waals surface area contributed by atoms with E-state index in [4.69, 9.17) is 0 Å². The summed E-state index contributed by atoms with van der Waals surface area (Å²) in [7, 11) is 0. The zero-order chi connectivity index (χ0) is 17.2. The highest BCUT2D eigenvalue weighted by Gasteiger charge is 2.12. The lowest BCUT2D eigenvalue weighted by Gasteiger charge is -2.30. The van der Waals surface area contributed by atoms with E-state index in [1.165, 1.54) is 6.07 Å². The topological polar surface area (TPSA) is 39.7 Å². The molecule has 1 rings (SSSR count). The predicted molar refractivity (Wildman–Crippen MR) is 112 cm³/mol. The van der Waals surface area contributed by atoms with Crippen molar-refractivity contribution in [1.82, 2.24) is 15.5 Å². The van der Waals surface area contributed by atoms with Gasteiger partial charge in [-0.05, 0) is 40.7 Å². The second-order valence-corrected chi connectivity index (χ2v) is 6.14. The number of hydrogen-bond acceptors (Lipinski definition) is 2. The molecule has 0 saturated heterocycles. The van der Waals surface area contributed by atoms with Crippen molar-refractivity contribution in [3.63, 3.8) is 0 Å². The van der Waals surface area contributed by atoms with Crippen LogP contribution in [-0.2, 0) is 6.54 Å². The van der Waals surface area contributed by atoms with Crippen LogP contribution in [0, 0.1) is 5.82 Å². The number of nitrogens with zero attached hydrogens (tertiary/aromatic N) is 2. The van der Waals surface area contributed by atoms with Crippen LogP contribution in [0.25, 0.3) is 0 Å². The van der Waals surface area contributed by atoms with Gasteiger partial charge in [0, 0.05) is 37.3 Å². The van der Waals surface area contributed by atoms with Gasteiger partial charge < -0.3 is 10.6 Å². The molecule has 0 atom stereocenters. The van der Waals surface area contributed by atoms with Gasteiger partial charge in [0.1, 0.15) is 5.82 Å². The van der Waals surface area contributed by atoms with Crippen LogP contribution in [-0.4, -0.2) is 42.6 Å². The van der Waals surface area contributed by atoms with E-state index in [2.05, 4.69) is 48.2 Å². The maximum absolute atomic E-state index is 13.6. The Morgan fingerprint density at radius 2 is 1.75 bits per heavy atom. The smallest absolute Gasteiger partial charge is 0.191 e. The molecule has 24 heavy (non-hydrogen) atoms. The maximum Gasteiger partial charge on any atom is 0.191 e. The van der Waals surface area contributed by atoms with E-state index < -0.39 is 0 Å². The average molecular weight is 450 g/mol. The predicted octanol–water partition coefficient (Wildman–Crippen LogP) is 3.62. The molecule has 1 aromatic rings. The molecule has 138 valence electrons. The van der Waals surface area contributed by atoms with Gasteiger partial charge in [0.25, 0.3) is 0 Å². The van der Waals surface area contributed by atoms with Gasteiger partial charge in [-0.3, -0.25) is 4.90 Å². The van der Waals surface area contributed by atoms with Crippen LogP contribution in [0.15, 0.2) is 29.3 Å². The van der Waals surface area contributed by atoms with Gasteiger partial charge in [0.2, 0.25) is 0 Å². The molecule has 6 heteroatoms. The molecule has 0 bridgehead atoms. The Labute approximate surface area is 163 Å². The van der Waals surface area contributed by atoms with Gasteiger partial charge in [-0.15, -0.1) is 24.0 Å². The molecule has 0 saturated carbocycles. The Bertz CT molecular complexity index is 484. The molecule has 2 N–H and O–H groups in total. The van der Waals surface area contributed by atoms with Crippen LogP contribution >= 0.6 is 24.0 Å². The molecule has 0 amide bonds. The first-order valence-corrected chi connectivity index (χ1v) is 8.47. The number of guanidine groups is 1. The van der Waals surface area contributed by atoms with E-state index in [9.17, 15) is 4.39 Å². The second-order valence-electron chi connectivity index (χ2n) is 6.14. The van der Waals surface area contributed by atoms with Crippen molar-refractivity contribution in [2.75, 3.05) is 19.6 Å². The maximum atomic E-state index is 13.6. The zero-order valence-corrected chi connectivity index (χ0v) is 17.8. The van der Waals surface area contributed by atoms with Crippen molar-refractivity contribution in [1.29, 1.82) is 0 Å². The van der Waals surface area contributed by atoms with Crippen molar-refractivity contribution in [2.24, 2.45) is 4.99 Å². The monoisotopic (exact) mass is 450 g/mol. The zero-order valence-electron chi connectivity index (χ0n) is 15.5. The first kappa shape index (κ1) is 23.1. The van der Waals surface area contributed by atoms with E-state index in [0.29, 0.717) is 24.2 Å².